The van der Waals surface area contributed by atoms with Gasteiger partial charge in [0.05, 0.1) is 21.1 Å². The van der Waals surface area contributed by atoms with E-state index in [0.29, 0.717) is 10.6 Å². The van der Waals surface area contributed by atoms with Crippen molar-refractivity contribution in [2.24, 2.45) is 0 Å². The summed E-state index contributed by atoms with van der Waals surface area (Å²) in [5, 5.41) is 7.63. The van der Waals surface area contributed by atoms with Gasteiger partial charge in [0.1, 0.15) is 4.88 Å². The first-order chi connectivity index (χ1) is 12.6. The van der Waals surface area contributed by atoms with Crippen LogP contribution in [0, 0.1) is 13.8 Å². The van der Waals surface area contributed by atoms with Crippen LogP contribution in [0.5, 0.6) is 0 Å². The normalized spacial score (nSPS) is 10.8. The molecule has 0 saturated heterocycles. The largest absolute Gasteiger partial charge is 0.313 e. The number of nitrogens with zero attached hydrogens (tertiary/aromatic N) is 3. The average Bonchev–Trinajstić information content (AvgIpc) is 3.36. The van der Waals surface area contributed by atoms with Crippen LogP contribution in [0.15, 0.2) is 42.0 Å². The molecular weight excluding hydrogens is 384 g/mol. The van der Waals surface area contributed by atoms with E-state index < -0.39 is 0 Å². The number of carbonyl (C=O) groups excluding carboxylic acids is 1. The zero-order valence-electron chi connectivity index (χ0n) is 14.0. The Bertz CT molecular complexity index is 1070. The molecule has 0 radical (unpaired) electrons. The number of hydrogen-bond acceptors (Lipinski definition) is 7. The molecule has 5 nitrogen and oxygen atoms in total. The zero-order chi connectivity index (χ0) is 18.1. The van der Waals surface area contributed by atoms with Gasteiger partial charge in [-0.15, -0.1) is 27.8 Å². The molecule has 0 spiro atoms. The molecule has 1 N–H and O–H groups in total. The fraction of sp³-hybridized carbons (Fsp3) is 0.111. The molecule has 0 atom stereocenters. The second kappa shape index (κ2) is 7.06. The topological polar surface area (TPSA) is 67.8 Å². The number of amides is 1. The third-order valence-electron chi connectivity index (χ3n) is 3.92. The Balaban J connectivity index is 1.61. The number of carbonyl (C=O) groups is 1. The molecule has 4 aromatic rings. The van der Waals surface area contributed by atoms with Gasteiger partial charge in [-0.2, -0.15) is 0 Å². The number of anilines is 1. The van der Waals surface area contributed by atoms with Crippen molar-refractivity contribution in [2.75, 3.05) is 5.32 Å². The maximum absolute atomic E-state index is 12.3. The van der Waals surface area contributed by atoms with Gasteiger partial charge >= 0.3 is 0 Å². The second-order valence-corrected chi connectivity index (χ2v) is 8.43. The molecule has 1 aromatic carbocycles. The highest BCUT2D eigenvalue weighted by Gasteiger charge is 2.15. The van der Waals surface area contributed by atoms with E-state index in [2.05, 4.69) is 45.0 Å². The smallest absolute Gasteiger partial charge is 0.269 e. The van der Waals surface area contributed by atoms with Crippen molar-refractivity contribution < 1.29 is 4.79 Å². The van der Waals surface area contributed by atoms with Gasteiger partial charge in [0, 0.05) is 11.1 Å². The third kappa shape index (κ3) is 3.31. The van der Waals surface area contributed by atoms with Crippen LogP contribution in [0.1, 0.15) is 20.9 Å². The molecule has 8 heteroatoms. The van der Waals surface area contributed by atoms with Gasteiger partial charge in [-0.3, -0.25) is 9.78 Å². The highest BCUT2D eigenvalue weighted by atomic mass is 32.1. The predicted molar refractivity (Wildman–Crippen MR) is 108 cm³/mol. The van der Waals surface area contributed by atoms with Crippen LogP contribution in [0.25, 0.3) is 20.9 Å². The molecule has 26 heavy (non-hydrogen) atoms. The molecule has 0 bridgehead atoms. The number of thiazole rings is 1. The first-order valence-electron chi connectivity index (χ1n) is 7.82. The summed E-state index contributed by atoms with van der Waals surface area (Å²) in [6.45, 7) is 3.88. The molecular formula is C18H14N4OS3. The highest BCUT2D eigenvalue weighted by Crippen LogP contribution is 2.36. The van der Waals surface area contributed by atoms with Gasteiger partial charge in [-0.25, -0.2) is 0 Å². The summed E-state index contributed by atoms with van der Waals surface area (Å²) in [6, 6.07) is 10.4. The minimum absolute atomic E-state index is 0.166. The lowest BCUT2D eigenvalue weighted by molar-refractivity contribution is 0.103. The van der Waals surface area contributed by atoms with E-state index >= 15 is 0 Å². The summed E-state index contributed by atoms with van der Waals surface area (Å²) in [5.41, 5.74) is 6.00. The maximum atomic E-state index is 12.3. The standard InChI is InChI=1S/C18H14N4OS3/c1-10-3-4-12(15-8-19-9-24-15)7-13(10)14-5-6-16(25-14)20-18(23)17-11(2)21-22-26-17/h3-9H,1-2H3,(H,20,23). The molecule has 0 unspecified atom stereocenters. The van der Waals surface area contributed by atoms with Crippen LogP contribution in [-0.2, 0) is 0 Å². The fourth-order valence-corrected chi connectivity index (χ4v) is 4.71. The number of aromatic nitrogens is 3. The summed E-state index contributed by atoms with van der Waals surface area (Å²) < 4.78 is 3.81. The van der Waals surface area contributed by atoms with Crippen molar-refractivity contribution in [1.82, 2.24) is 14.6 Å². The molecule has 3 aromatic heterocycles. The zero-order valence-corrected chi connectivity index (χ0v) is 16.5. The quantitative estimate of drug-likeness (QED) is 0.509. The Morgan fingerprint density at radius 3 is 2.73 bits per heavy atom. The van der Waals surface area contributed by atoms with Crippen molar-refractivity contribution in [1.29, 1.82) is 0 Å². The molecule has 3 heterocycles. The monoisotopic (exact) mass is 398 g/mol. The lowest BCUT2D eigenvalue weighted by Crippen LogP contribution is -2.10. The van der Waals surface area contributed by atoms with Crippen LogP contribution in [0.2, 0.25) is 0 Å². The lowest BCUT2D eigenvalue weighted by atomic mass is 10.0. The van der Waals surface area contributed by atoms with E-state index in [0.717, 1.165) is 37.4 Å². The average molecular weight is 399 g/mol. The van der Waals surface area contributed by atoms with E-state index in [1.54, 1.807) is 29.6 Å². The third-order valence-corrected chi connectivity index (χ3v) is 6.60. The van der Waals surface area contributed by atoms with Crippen molar-refractivity contribution in [2.45, 2.75) is 13.8 Å². The number of aryl methyl sites for hydroxylation is 2. The van der Waals surface area contributed by atoms with Crippen molar-refractivity contribution in [3.63, 3.8) is 0 Å². The lowest BCUT2D eigenvalue weighted by Gasteiger charge is -2.06. The van der Waals surface area contributed by atoms with E-state index in [9.17, 15) is 4.79 Å². The first-order valence-corrected chi connectivity index (χ1v) is 10.3. The van der Waals surface area contributed by atoms with Crippen molar-refractivity contribution in [3.05, 3.63) is 58.2 Å². The highest BCUT2D eigenvalue weighted by molar-refractivity contribution is 7.19. The van der Waals surface area contributed by atoms with E-state index in [1.165, 1.54) is 5.56 Å². The molecule has 0 saturated carbocycles. The van der Waals surface area contributed by atoms with Gasteiger partial charge in [0.2, 0.25) is 0 Å². The first kappa shape index (κ1) is 17.0. The number of nitrogens with one attached hydrogen (secondary N) is 1. The predicted octanol–water partition coefficient (Wildman–Crippen LogP) is 5.26. The van der Waals surface area contributed by atoms with Gasteiger partial charge in [-0.05, 0) is 60.3 Å². The minimum atomic E-state index is -0.166. The number of benzene rings is 1. The van der Waals surface area contributed by atoms with Gasteiger partial charge in [0.15, 0.2) is 0 Å². The molecule has 1 amide bonds. The van der Waals surface area contributed by atoms with Crippen LogP contribution in [-0.4, -0.2) is 20.5 Å². The van der Waals surface area contributed by atoms with E-state index in [1.807, 2.05) is 23.8 Å². The van der Waals surface area contributed by atoms with Gasteiger partial charge < -0.3 is 5.32 Å². The number of thiophene rings is 1. The summed E-state index contributed by atoms with van der Waals surface area (Å²) in [5.74, 6) is -0.166. The summed E-state index contributed by atoms with van der Waals surface area (Å²) in [6.07, 6.45) is 1.88. The van der Waals surface area contributed by atoms with Crippen LogP contribution < -0.4 is 5.32 Å². The minimum Gasteiger partial charge on any atom is -0.313 e. The molecule has 0 aliphatic heterocycles. The molecule has 0 aliphatic carbocycles. The fourth-order valence-electron chi connectivity index (χ4n) is 2.56. The van der Waals surface area contributed by atoms with Crippen molar-refractivity contribution >= 4 is 45.1 Å². The second-order valence-electron chi connectivity index (χ2n) is 5.70. The number of rotatable bonds is 4. The summed E-state index contributed by atoms with van der Waals surface area (Å²) in [7, 11) is 0. The molecule has 0 fully saturated rings. The van der Waals surface area contributed by atoms with Crippen LogP contribution in [0.3, 0.4) is 0 Å². The van der Waals surface area contributed by atoms with Crippen LogP contribution in [0.4, 0.5) is 5.00 Å². The Morgan fingerprint density at radius 1 is 1.12 bits per heavy atom. The molecule has 130 valence electrons. The van der Waals surface area contributed by atoms with Crippen LogP contribution >= 0.6 is 34.2 Å². The molecule has 4 rings (SSSR count). The van der Waals surface area contributed by atoms with Crippen molar-refractivity contribution in [3.8, 4) is 20.9 Å². The Morgan fingerprint density at radius 2 is 2.00 bits per heavy atom. The Hall–Kier alpha value is -2.42. The maximum Gasteiger partial charge on any atom is 0.269 e. The Kier molecular flexibility index (Phi) is 4.62. The SMILES string of the molecule is Cc1ccc(-c2cncs2)cc1-c1ccc(NC(=O)c2snnc2C)s1. The molecule has 0 aliphatic rings. The Labute approximate surface area is 162 Å². The summed E-state index contributed by atoms with van der Waals surface area (Å²) >= 11 is 4.29. The van der Waals surface area contributed by atoms with E-state index in [-0.39, 0.29) is 5.91 Å². The van der Waals surface area contributed by atoms with Gasteiger partial charge in [-0.1, -0.05) is 16.6 Å². The van der Waals surface area contributed by atoms with E-state index in [4.69, 9.17) is 0 Å². The number of hydrogen-bond donors (Lipinski definition) is 1. The van der Waals surface area contributed by atoms with Gasteiger partial charge in [0.25, 0.3) is 5.91 Å². The summed E-state index contributed by atoms with van der Waals surface area (Å²) in [4.78, 5) is 19.3.